The number of methoxy groups -OCH3 is 1. The maximum atomic E-state index is 12.9. The maximum absolute atomic E-state index is 12.9. The van der Waals surface area contributed by atoms with Gasteiger partial charge in [0.15, 0.2) is 5.17 Å². The third-order valence-corrected chi connectivity index (χ3v) is 6.69. The highest BCUT2D eigenvalue weighted by atomic mass is 79.9. The number of benzene rings is 2. The molecule has 2 aromatic carbocycles. The van der Waals surface area contributed by atoms with Crippen LogP contribution in [0.2, 0.25) is 0 Å². The normalized spacial score (nSPS) is 17.3. The van der Waals surface area contributed by atoms with E-state index in [2.05, 4.69) is 32.7 Å². The molecule has 0 saturated carbocycles. The van der Waals surface area contributed by atoms with E-state index in [4.69, 9.17) is 9.15 Å². The Morgan fingerprint density at radius 2 is 1.91 bits per heavy atom. The van der Waals surface area contributed by atoms with Crippen molar-refractivity contribution < 1.29 is 13.9 Å². The van der Waals surface area contributed by atoms with Crippen molar-refractivity contribution in [1.29, 1.82) is 0 Å². The molecule has 6 nitrogen and oxygen atoms in total. The lowest BCUT2D eigenvalue weighted by Crippen LogP contribution is -2.32. The zero-order valence-corrected chi connectivity index (χ0v) is 20.4. The fraction of sp³-hybridized carbons (Fsp3) is 0.160. The van der Waals surface area contributed by atoms with Crippen molar-refractivity contribution in [3.8, 4) is 17.1 Å². The van der Waals surface area contributed by atoms with Crippen LogP contribution < -0.4 is 4.74 Å². The smallest absolute Gasteiger partial charge is 0.242 e. The number of hydrogen-bond acceptors (Lipinski definition) is 6. The first-order valence-corrected chi connectivity index (χ1v) is 11.9. The average molecular weight is 524 g/mol. The van der Waals surface area contributed by atoms with Crippen LogP contribution in [-0.2, 0) is 11.2 Å². The SMILES string of the molecule is C=CCN1C(=O)C(Cc2ccc(OC)cc2)S/C1=N/N=C/c1ccc(-c2ccc(Br)cc2)o1. The lowest BCUT2D eigenvalue weighted by Gasteiger charge is -2.12. The quantitative estimate of drug-likeness (QED) is 0.213. The minimum atomic E-state index is -0.264. The van der Waals surface area contributed by atoms with E-state index in [1.807, 2.05) is 60.7 Å². The molecule has 1 fully saturated rings. The second-order valence-corrected chi connectivity index (χ2v) is 9.32. The Bertz CT molecular complexity index is 1190. The van der Waals surface area contributed by atoms with E-state index in [9.17, 15) is 4.79 Å². The average Bonchev–Trinajstić information content (AvgIpc) is 3.41. The number of carbonyl (C=O) groups excluding carboxylic acids is 1. The van der Waals surface area contributed by atoms with Crippen LogP contribution >= 0.6 is 27.7 Å². The molecule has 0 spiro atoms. The van der Waals surface area contributed by atoms with E-state index in [-0.39, 0.29) is 11.2 Å². The van der Waals surface area contributed by atoms with Gasteiger partial charge in [-0.3, -0.25) is 9.69 Å². The molecule has 1 aliphatic heterocycles. The number of amides is 1. The van der Waals surface area contributed by atoms with Gasteiger partial charge < -0.3 is 9.15 Å². The van der Waals surface area contributed by atoms with Crippen LogP contribution in [0.3, 0.4) is 0 Å². The van der Waals surface area contributed by atoms with E-state index in [0.29, 0.717) is 23.9 Å². The molecular weight excluding hydrogens is 502 g/mol. The Hall–Kier alpha value is -3.10. The molecule has 33 heavy (non-hydrogen) atoms. The number of carbonyl (C=O) groups is 1. The van der Waals surface area contributed by atoms with Crippen LogP contribution in [0.5, 0.6) is 5.75 Å². The van der Waals surface area contributed by atoms with Crippen LogP contribution in [0.4, 0.5) is 0 Å². The number of halogens is 1. The molecule has 1 unspecified atom stereocenters. The Balaban J connectivity index is 1.46. The molecule has 1 aromatic heterocycles. The molecule has 168 valence electrons. The minimum absolute atomic E-state index is 0.000177. The van der Waals surface area contributed by atoms with Crippen molar-refractivity contribution in [3.05, 3.63) is 89.1 Å². The second kappa shape index (κ2) is 10.7. The molecule has 1 amide bonds. The van der Waals surface area contributed by atoms with Gasteiger partial charge in [0, 0.05) is 16.6 Å². The molecule has 2 heterocycles. The Morgan fingerprint density at radius 1 is 1.15 bits per heavy atom. The van der Waals surface area contributed by atoms with E-state index in [0.717, 1.165) is 27.1 Å². The number of thioether (sulfide) groups is 1. The molecule has 8 heteroatoms. The predicted octanol–water partition coefficient (Wildman–Crippen LogP) is 5.78. The summed E-state index contributed by atoms with van der Waals surface area (Å²) in [7, 11) is 1.63. The number of rotatable bonds is 8. The van der Waals surface area contributed by atoms with Crippen molar-refractivity contribution in [2.24, 2.45) is 10.2 Å². The van der Waals surface area contributed by atoms with Crippen LogP contribution in [0.25, 0.3) is 11.3 Å². The maximum Gasteiger partial charge on any atom is 0.242 e. The van der Waals surface area contributed by atoms with E-state index in [1.54, 1.807) is 24.3 Å². The molecule has 0 bridgehead atoms. The standard InChI is InChI=1S/C25H22BrN3O3S/c1-3-14-29-24(30)23(15-17-4-10-20(31-2)11-5-17)33-25(29)28-27-16-21-12-13-22(32-21)18-6-8-19(26)9-7-18/h3-13,16,23H,1,14-15H2,2H3/b27-16+,28-25+. The highest BCUT2D eigenvalue weighted by molar-refractivity contribution is 9.10. The van der Waals surface area contributed by atoms with Gasteiger partial charge in [0.1, 0.15) is 17.3 Å². The largest absolute Gasteiger partial charge is 0.497 e. The Morgan fingerprint density at radius 3 is 2.61 bits per heavy atom. The van der Waals surface area contributed by atoms with Gasteiger partial charge >= 0.3 is 0 Å². The summed E-state index contributed by atoms with van der Waals surface area (Å²) in [4.78, 5) is 14.5. The molecule has 4 rings (SSSR count). The zero-order valence-electron chi connectivity index (χ0n) is 18.0. The van der Waals surface area contributed by atoms with Crippen molar-refractivity contribution in [2.45, 2.75) is 11.7 Å². The highest BCUT2D eigenvalue weighted by Gasteiger charge is 2.37. The molecular formula is C25H22BrN3O3S. The van der Waals surface area contributed by atoms with Gasteiger partial charge in [0.05, 0.1) is 18.6 Å². The molecule has 3 aromatic rings. The lowest BCUT2D eigenvalue weighted by atomic mass is 10.1. The van der Waals surface area contributed by atoms with Crippen molar-refractivity contribution in [1.82, 2.24) is 4.90 Å². The molecule has 1 saturated heterocycles. The summed E-state index contributed by atoms with van der Waals surface area (Å²) >= 11 is 4.84. The van der Waals surface area contributed by atoms with Crippen LogP contribution in [-0.4, -0.2) is 41.1 Å². The van der Waals surface area contributed by atoms with E-state index in [1.165, 1.54) is 11.8 Å². The zero-order chi connectivity index (χ0) is 23.2. The first kappa shape index (κ1) is 23.1. The summed E-state index contributed by atoms with van der Waals surface area (Å²) in [6, 6.07) is 19.3. The molecule has 0 radical (unpaired) electrons. The summed E-state index contributed by atoms with van der Waals surface area (Å²) in [5, 5.41) is 8.76. The van der Waals surface area contributed by atoms with Gasteiger partial charge in [0.2, 0.25) is 5.91 Å². The molecule has 1 aliphatic rings. The first-order chi connectivity index (χ1) is 16.1. The summed E-state index contributed by atoms with van der Waals surface area (Å²) < 4.78 is 12.1. The van der Waals surface area contributed by atoms with Gasteiger partial charge in [-0.05, 0) is 48.4 Å². The topological polar surface area (TPSA) is 67.4 Å². The van der Waals surface area contributed by atoms with E-state index >= 15 is 0 Å². The predicted molar refractivity (Wildman–Crippen MR) is 137 cm³/mol. The Labute approximate surface area is 205 Å². The Kier molecular flexibility index (Phi) is 7.47. The molecule has 1 atom stereocenters. The monoisotopic (exact) mass is 523 g/mol. The first-order valence-electron chi connectivity index (χ1n) is 10.3. The van der Waals surface area contributed by atoms with E-state index < -0.39 is 0 Å². The second-order valence-electron chi connectivity index (χ2n) is 7.23. The third kappa shape index (κ3) is 5.64. The summed E-state index contributed by atoms with van der Waals surface area (Å²) in [6.07, 6.45) is 3.83. The fourth-order valence-electron chi connectivity index (χ4n) is 3.32. The number of nitrogens with zero attached hydrogens (tertiary/aromatic N) is 3. The highest BCUT2D eigenvalue weighted by Crippen LogP contribution is 2.30. The van der Waals surface area contributed by atoms with Gasteiger partial charge in [-0.25, -0.2) is 0 Å². The van der Waals surface area contributed by atoms with Gasteiger partial charge in [-0.2, -0.15) is 5.10 Å². The van der Waals surface area contributed by atoms with Crippen molar-refractivity contribution >= 4 is 45.0 Å². The van der Waals surface area contributed by atoms with Crippen molar-refractivity contribution in [2.75, 3.05) is 13.7 Å². The van der Waals surface area contributed by atoms with Crippen LogP contribution in [0.1, 0.15) is 11.3 Å². The van der Waals surface area contributed by atoms with Gasteiger partial charge in [-0.1, -0.05) is 58.0 Å². The third-order valence-electron chi connectivity index (χ3n) is 5.00. The number of hydrogen-bond donors (Lipinski definition) is 0. The summed E-state index contributed by atoms with van der Waals surface area (Å²) in [5.74, 6) is 2.11. The van der Waals surface area contributed by atoms with Gasteiger partial charge in [-0.15, -0.1) is 11.7 Å². The van der Waals surface area contributed by atoms with Crippen LogP contribution in [0.15, 0.2) is 92.4 Å². The summed E-state index contributed by atoms with van der Waals surface area (Å²) in [5.41, 5.74) is 2.03. The number of ether oxygens (including phenoxy) is 1. The minimum Gasteiger partial charge on any atom is -0.497 e. The lowest BCUT2D eigenvalue weighted by molar-refractivity contribution is -0.125. The number of furan rings is 1. The molecule has 0 N–H and O–H groups in total. The van der Waals surface area contributed by atoms with Crippen LogP contribution in [0, 0.1) is 0 Å². The fourth-order valence-corrected chi connectivity index (χ4v) is 4.72. The summed E-state index contributed by atoms with van der Waals surface area (Å²) in [6.45, 7) is 4.14. The van der Waals surface area contributed by atoms with Gasteiger partial charge in [0.25, 0.3) is 0 Å². The van der Waals surface area contributed by atoms with Crippen molar-refractivity contribution in [3.63, 3.8) is 0 Å². The molecule has 0 aliphatic carbocycles. The number of amidine groups is 1.